The lowest BCUT2D eigenvalue weighted by molar-refractivity contribution is -0.122. The van der Waals surface area contributed by atoms with E-state index in [1.165, 1.54) is 5.56 Å². The fraction of sp³-hybridized carbons (Fsp3) is 0.222. The minimum Gasteiger partial charge on any atom is -0.508 e. The maximum absolute atomic E-state index is 12.1. The van der Waals surface area contributed by atoms with E-state index in [1.54, 1.807) is 25.1 Å². The molecular formula is C18H18N2O2. The van der Waals surface area contributed by atoms with Crippen LogP contribution in [-0.2, 0) is 4.79 Å². The molecular weight excluding hydrogens is 276 g/mol. The Morgan fingerprint density at radius 1 is 1.18 bits per heavy atom. The summed E-state index contributed by atoms with van der Waals surface area (Å²) in [6.45, 7) is 1.80. The summed E-state index contributed by atoms with van der Waals surface area (Å²) in [7, 11) is 0. The molecule has 112 valence electrons. The van der Waals surface area contributed by atoms with Gasteiger partial charge in [0.15, 0.2) is 0 Å². The van der Waals surface area contributed by atoms with Gasteiger partial charge in [-0.15, -0.1) is 0 Å². The van der Waals surface area contributed by atoms with Crippen molar-refractivity contribution in [3.8, 4) is 5.75 Å². The third kappa shape index (κ3) is 3.17. The SMILES string of the molecule is C/C(=N/NC(=O)[C@@H]1C[C@@H]1c1ccccc1)c1cccc(O)c1. The van der Waals surface area contributed by atoms with Crippen molar-refractivity contribution in [1.29, 1.82) is 0 Å². The first-order chi connectivity index (χ1) is 10.6. The molecule has 0 spiro atoms. The van der Waals surface area contributed by atoms with Crippen LogP contribution in [0.25, 0.3) is 0 Å². The molecule has 0 aliphatic heterocycles. The van der Waals surface area contributed by atoms with Crippen molar-refractivity contribution < 1.29 is 9.90 Å². The first kappa shape index (κ1) is 14.3. The van der Waals surface area contributed by atoms with E-state index in [-0.39, 0.29) is 17.6 Å². The highest BCUT2D eigenvalue weighted by molar-refractivity contribution is 5.99. The van der Waals surface area contributed by atoms with Crippen molar-refractivity contribution in [3.63, 3.8) is 0 Å². The summed E-state index contributed by atoms with van der Waals surface area (Å²) in [6.07, 6.45) is 0.872. The van der Waals surface area contributed by atoms with Crippen molar-refractivity contribution in [2.75, 3.05) is 0 Å². The Morgan fingerprint density at radius 2 is 1.95 bits per heavy atom. The molecule has 0 unspecified atom stereocenters. The number of amides is 1. The van der Waals surface area contributed by atoms with Gasteiger partial charge in [-0.3, -0.25) is 4.79 Å². The van der Waals surface area contributed by atoms with Gasteiger partial charge in [0.05, 0.1) is 5.71 Å². The van der Waals surface area contributed by atoms with Gasteiger partial charge in [-0.25, -0.2) is 5.43 Å². The molecule has 0 bridgehead atoms. The molecule has 2 aromatic rings. The lowest BCUT2D eigenvalue weighted by Crippen LogP contribution is -2.21. The topological polar surface area (TPSA) is 61.7 Å². The molecule has 2 atom stereocenters. The molecule has 1 aliphatic carbocycles. The van der Waals surface area contributed by atoms with E-state index in [9.17, 15) is 9.90 Å². The van der Waals surface area contributed by atoms with Crippen molar-refractivity contribution in [2.45, 2.75) is 19.3 Å². The Balaban J connectivity index is 1.60. The fourth-order valence-electron chi connectivity index (χ4n) is 2.57. The molecule has 0 aromatic heterocycles. The van der Waals surface area contributed by atoms with Gasteiger partial charge in [-0.2, -0.15) is 5.10 Å². The van der Waals surface area contributed by atoms with Crippen molar-refractivity contribution in [1.82, 2.24) is 5.43 Å². The predicted octanol–water partition coefficient (Wildman–Crippen LogP) is 3.04. The molecule has 4 nitrogen and oxygen atoms in total. The van der Waals surface area contributed by atoms with Crippen LogP contribution in [0.2, 0.25) is 0 Å². The summed E-state index contributed by atoms with van der Waals surface area (Å²) in [5.41, 5.74) is 5.29. The molecule has 2 aromatic carbocycles. The molecule has 0 saturated heterocycles. The van der Waals surface area contributed by atoms with Crippen LogP contribution in [0, 0.1) is 5.92 Å². The van der Waals surface area contributed by atoms with Crippen LogP contribution >= 0.6 is 0 Å². The minimum absolute atomic E-state index is 0.00289. The van der Waals surface area contributed by atoms with E-state index in [2.05, 4.69) is 22.7 Å². The van der Waals surface area contributed by atoms with Crippen LogP contribution in [0.1, 0.15) is 30.4 Å². The quantitative estimate of drug-likeness (QED) is 0.672. The molecule has 4 heteroatoms. The number of phenolic OH excluding ortho intramolecular Hbond substituents is 1. The summed E-state index contributed by atoms with van der Waals surface area (Å²) in [5, 5.41) is 13.6. The van der Waals surface area contributed by atoms with Crippen LogP contribution in [-0.4, -0.2) is 16.7 Å². The number of hydrogen-bond donors (Lipinski definition) is 2. The van der Waals surface area contributed by atoms with Crippen LogP contribution < -0.4 is 5.43 Å². The average Bonchev–Trinajstić information content (AvgIpc) is 3.34. The third-order valence-electron chi connectivity index (χ3n) is 3.95. The van der Waals surface area contributed by atoms with Crippen LogP contribution in [0.4, 0.5) is 0 Å². The number of carbonyl (C=O) groups is 1. The Labute approximate surface area is 129 Å². The second-order valence-corrected chi connectivity index (χ2v) is 5.58. The van der Waals surface area contributed by atoms with Crippen molar-refractivity contribution in [2.24, 2.45) is 11.0 Å². The van der Waals surface area contributed by atoms with Gasteiger partial charge in [0, 0.05) is 11.5 Å². The lowest BCUT2D eigenvalue weighted by atomic mass is 10.1. The number of hydrazone groups is 1. The predicted molar refractivity (Wildman–Crippen MR) is 85.8 cm³/mol. The molecule has 22 heavy (non-hydrogen) atoms. The van der Waals surface area contributed by atoms with E-state index in [1.807, 2.05) is 24.3 Å². The molecule has 2 N–H and O–H groups in total. The van der Waals surface area contributed by atoms with E-state index >= 15 is 0 Å². The Kier molecular flexibility index (Phi) is 3.92. The molecule has 1 fully saturated rings. The Morgan fingerprint density at radius 3 is 2.68 bits per heavy atom. The maximum atomic E-state index is 12.1. The minimum atomic E-state index is -0.0478. The summed E-state index contributed by atoms with van der Waals surface area (Å²) < 4.78 is 0. The van der Waals surface area contributed by atoms with Gasteiger partial charge in [-0.1, -0.05) is 42.5 Å². The van der Waals surface area contributed by atoms with Gasteiger partial charge in [-0.05, 0) is 37.0 Å². The first-order valence-electron chi connectivity index (χ1n) is 7.33. The van der Waals surface area contributed by atoms with Crippen LogP contribution in [0.3, 0.4) is 0 Å². The standard InChI is InChI=1S/C18H18N2O2/c1-12(14-8-5-9-15(21)10-14)19-20-18(22)17-11-16(17)13-6-3-2-4-7-13/h2-10,16-17,21H,11H2,1H3,(H,20,22)/b19-12-/t16-,17-/m1/s1. The Hall–Kier alpha value is -2.62. The highest BCUT2D eigenvalue weighted by Gasteiger charge is 2.43. The molecule has 0 heterocycles. The molecule has 1 saturated carbocycles. The molecule has 1 amide bonds. The van der Waals surface area contributed by atoms with Gasteiger partial charge in [0.1, 0.15) is 5.75 Å². The van der Waals surface area contributed by atoms with Gasteiger partial charge in [0.2, 0.25) is 5.91 Å². The largest absolute Gasteiger partial charge is 0.508 e. The zero-order valence-corrected chi connectivity index (χ0v) is 12.4. The lowest BCUT2D eigenvalue weighted by Gasteiger charge is -2.03. The zero-order valence-electron chi connectivity index (χ0n) is 12.4. The summed E-state index contributed by atoms with van der Waals surface area (Å²) in [5.74, 6) is 0.443. The Bertz CT molecular complexity index is 710. The number of nitrogens with one attached hydrogen (secondary N) is 1. The second kappa shape index (κ2) is 6.02. The average molecular weight is 294 g/mol. The zero-order chi connectivity index (χ0) is 15.5. The summed E-state index contributed by atoms with van der Waals surface area (Å²) in [4.78, 5) is 12.1. The highest BCUT2D eigenvalue weighted by atomic mass is 16.3. The number of aromatic hydroxyl groups is 1. The first-order valence-corrected chi connectivity index (χ1v) is 7.33. The normalized spacial score (nSPS) is 20.5. The highest BCUT2D eigenvalue weighted by Crippen LogP contribution is 2.47. The second-order valence-electron chi connectivity index (χ2n) is 5.58. The number of carbonyl (C=O) groups excluding carboxylic acids is 1. The summed E-state index contributed by atoms with van der Waals surface area (Å²) >= 11 is 0. The molecule has 1 aliphatic rings. The fourth-order valence-corrected chi connectivity index (χ4v) is 2.57. The number of nitrogens with zero attached hydrogens (tertiary/aromatic N) is 1. The maximum Gasteiger partial charge on any atom is 0.243 e. The van der Waals surface area contributed by atoms with Crippen molar-refractivity contribution >= 4 is 11.6 Å². The van der Waals surface area contributed by atoms with E-state index < -0.39 is 0 Å². The smallest absolute Gasteiger partial charge is 0.243 e. The van der Waals surface area contributed by atoms with E-state index in [4.69, 9.17) is 0 Å². The molecule has 3 rings (SSSR count). The van der Waals surface area contributed by atoms with E-state index in [0.717, 1.165) is 12.0 Å². The van der Waals surface area contributed by atoms with Crippen LogP contribution in [0.15, 0.2) is 59.7 Å². The summed E-state index contributed by atoms with van der Waals surface area (Å²) in [6, 6.07) is 16.9. The van der Waals surface area contributed by atoms with Gasteiger partial charge in [0.25, 0.3) is 0 Å². The molecule has 0 radical (unpaired) electrons. The third-order valence-corrected chi connectivity index (χ3v) is 3.95. The van der Waals surface area contributed by atoms with Crippen LogP contribution in [0.5, 0.6) is 5.75 Å². The van der Waals surface area contributed by atoms with Crippen molar-refractivity contribution in [3.05, 3.63) is 65.7 Å². The van der Waals surface area contributed by atoms with Gasteiger partial charge < -0.3 is 5.11 Å². The number of rotatable bonds is 4. The van der Waals surface area contributed by atoms with Gasteiger partial charge >= 0.3 is 0 Å². The number of hydrogen-bond acceptors (Lipinski definition) is 3. The number of benzene rings is 2. The number of phenols is 1. The monoisotopic (exact) mass is 294 g/mol. The van der Waals surface area contributed by atoms with E-state index in [0.29, 0.717) is 11.6 Å².